The second kappa shape index (κ2) is 9.83. The zero-order valence-electron chi connectivity index (χ0n) is 12.6. The molecule has 0 aliphatic rings. The van der Waals surface area contributed by atoms with Gasteiger partial charge in [0, 0.05) is 44.8 Å². The number of halogens is 4. The Balaban J connectivity index is 0.00000288. The van der Waals surface area contributed by atoms with E-state index in [4.69, 9.17) is 32.7 Å². The van der Waals surface area contributed by atoms with E-state index in [0.29, 0.717) is 11.3 Å². The number of aromatic nitrogens is 1. The van der Waals surface area contributed by atoms with Crippen LogP contribution in [0.5, 0.6) is 5.75 Å². The van der Waals surface area contributed by atoms with E-state index >= 15 is 0 Å². The summed E-state index contributed by atoms with van der Waals surface area (Å²) in [5.41, 5.74) is -0.231. The maximum Gasteiger partial charge on any atom is 0.256 e. The van der Waals surface area contributed by atoms with Crippen molar-refractivity contribution < 1.29 is 51.0 Å². The molecule has 0 saturated heterocycles. The molecular formula is C15H12Cl2F2NO3Y-. The minimum absolute atomic E-state index is 0. The van der Waals surface area contributed by atoms with Gasteiger partial charge in [0.15, 0.2) is 6.79 Å². The Kier molecular flexibility index (Phi) is 8.81. The van der Waals surface area contributed by atoms with Gasteiger partial charge in [0.05, 0.1) is 6.54 Å². The maximum absolute atomic E-state index is 12.7. The van der Waals surface area contributed by atoms with E-state index in [1.165, 1.54) is 19.2 Å². The molecule has 0 N–H and O–H groups in total. The molecule has 2 rings (SSSR count). The van der Waals surface area contributed by atoms with Crippen molar-refractivity contribution in [2.24, 2.45) is 0 Å². The molecule has 0 fully saturated rings. The van der Waals surface area contributed by atoms with Crippen molar-refractivity contribution in [2.75, 3.05) is 13.9 Å². The van der Waals surface area contributed by atoms with Gasteiger partial charge in [-0.3, -0.25) is 4.79 Å². The van der Waals surface area contributed by atoms with Crippen LogP contribution in [-0.4, -0.2) is 24.9 Å². The molecule has 0 amide bonds. The van der Waals surface area contributed by atoms with Crippen LogP contribution in [0.3, 0.4) is 0 Å². The number of methoxy groups -OCH3 is 1. The van der Waals surface area contributed by atoms with Crippen molar-refractivity contribution in [1.29, 1.82) is 0 Å². The molecule has 1 aromatic carbocycles. The maximum atomic E-state index is 12.7. The Morgan fingerprint density at radius 3 is 2.58 bits per heavy atom. The number of alkyl halides is 2. The average Bonchev–Trinajstić information content (AvgIpc) is 2.50. The first kappa shape index (κ1) is 21.5. The van der Waals surface area contributed by atoms with Crippen molar-refractivity contribution >= 4 is 23.2 Å². The summed E-state index contributed by atoms with van der Waals surface area (Å²) in [6.07, 6.45) is -2.72. The second-order valence-electron chi connectivity index (χ2n) is 4.48. The van der Waals surface area contributed by atoms with Gasteiger partial charge >= 0.3 is 0 Å². The molecule has 0 saturated carbocycles. The molecule has 0 aliphatic heterocycles. The van der Waals surface area contributed by atoms with Gasteiger partial charge < -0.3 is 14.0 Å². The van der Waals surface area contributed by atoms with E-state index in [-0.39, 0.29) is 55.2 Å². The van der Waals surface area contributed by atoms with Gasteiger partial charge in [0.25, 0.3) is 6.43 Å². The van der Waals surface area contributed by atoms with E-state index in [0.717, 1.165) is 4.57 Å². The van der Waals surface area contributed by atoms with Gasteiger partial charge in [-0.05, 0) is 17.2 Å². The summed E-state index contributed by atoms with van der Waals surface area (Å²) in [6, 6.07) is 8.58. The molecular weight excluding hydrogens is 440 g/mol. The minimum Gasteiger partial charge on any atom is -0.468 e. The van der Waals surface area contributed by atoms with Crippen LogP contribution in [0.4, 0.5) is 8.78 Å². The Morgan fingerprint density at radius 1 is 1.29 bits per heavy atom. The molecule has 0 bridgehead atoms. The number of ether oxygens (including phenoxy) is 2. The number of nitrogens with zero attached hydrogens (tertiary/aromatic N) is 1. The molecule has 9 heteroatoms. The van der Waals surface area contributed by atoms with Gasteiger partial charge in [0.2, 0.25) is 5.56 Å². The molecule has 0 atom stereocenters. The summed E-state index contributed by atoms with van der Waals surface area (Å²) in [6.45, 7) is -0.762. The SMILES string of the molecule is COCOc1ccc(-c2[c-]cc(Cl)c(=O)n2CC(F)F)c(Cl)c1.[Y]. The third-order valence-electron chi connectivity index (χ3n) is 2.91. The van der Waals surface area contributed by atoms with Crippen LogP contribution in [0.2, 0.25) is 10.0 Å². The molecule has 0 spiro atoms. The summed E-state index contributed by atoms with van der Waals surface area (Å²) in [5.74, 6) is 0.442. The molecule has 1 aromatic heterocycles. The zero-order chi connectivity index (χ0) is 17.0. The van der Waals surface area contributed by atoms with E-state index < -0.39 is 18.5 Å². The number of benzene rings is 1. The zero-order valence-corrected chi connectivity index (χ0v) is 16.9. The topological polar surface area (TPSA) is 40.5 Å². The van der Waals surface area contributed by atoms with Crippen molar-refractivity contribution in [3.8, 4) is 17.0 Å². The quantitative estimate of drug-likeness (QED) is 0.494. The normalized spacial score (nSPS) is 10.6. The van der Waals surface area contributed by atoms with Gasteiger partial charge in [-0.15, -0.1) is 6.07 Å². The Hall–Kier alpha value is -0.526. The molecule has 4 nitrogen and oxygen atoms in total. The first-order valence-electron chi connectivity index (χ1n) is 6.45. The summed E-state index contributed by atoms with van der Waals surface area (Å²) in [4.78, 5) is 12.0. The smallest absolute Gasteiger partial charge is 0.256 e. The molecule has 127 valence electrons. The number of rotatable bonds is 6. The predicted molar refractivity (Wildman–Crippen MR) is 83.5 cm³/mol. The standard InChI is InChI=1S/C15H12Cl2F2NO3.Y/c1-22-8-23-9-2-3-10(12(17)6-9)13-5-4-11(16)15(21)20(13)7-14(18)19;/h2-4,6,14H,7-8H2,1H3;/q-1;. The van der Waals surface area contributed by atoms with Gasteiger partial charge in [-0.2, -0.15) is 23.7 Å². The first-order valence-corrected chi connectivity index (χ1v) is 7.20. The van der Waals surface area contributed by atoms with Crippen LogP contribution in [0.15, 0.2) is 29.1 Å². The fourth-order valence-electron chi connectivity index (χ4n) is 1.94. The van der Waals surface area contributed by atoms with E-state index in [9.17, 15) is 13.6 Å². The fourth-order valence-corrected chi connectivity index (χ4v) is 2.36. The van der Waals surface area contributed by atoms with Gasteiger partial charge in [-0.25, -0.2) is 8.78 Å². The predicted octanol–water partition coefficient (Wildman–Crippen LogP) is 3.87. The van der Waals surface area contributed by atoms with Crippen molar-refractivity contribution in [3.05, 3.63) is 50.7 Å². The summed E-state index contributed by atoms with van der Waals surface area (Å²) < 4.78 is 36.4. The molecule has 0 unspecified atom stereocenters. The van der Waals surface area contributed by atoms with E-state index in [2.05, 4.69) is 6.07 Å². The van der Waals surface area contributed by atoms with Crippen LogP contribution < -0.4 is 10.3 Å². The van der Waals surface area contributed by atoms with Crippen LogP contribution in [-0.2, 0) is 44.0 Å². The number of hydrogen-bond donors (Lipinski definition) is 0. The van der Waals surface area contributed by atoms with Gasteiger partial charge in [-0.1, -0.05) is 22.9 Å². The van der Waals surface area contributed by atoms with Crippen molar-refractivity contribution in [3.63, 3.8) is 0 Å². The summed E-state index contributed by atoms with van der Waals surface area (Å²) >= 11 is 11.9. The van der Waals surface area contributed by atoms with E-state index in [1.807, 2.05) is 0 Å². The number of pyridine rings is 1. The Morgan fingerprint density at radius 2 is 2.00 bits per heavy atom. The van der Waals surface area contributed by atoms with Gasteiger partial charge in [0.1, 0.15) is 5.75 Å². The largest absolute Gasteiger partial charge is 0.468 e. The Bertz CT molecular complexity index is 756. The van der Waals surface area contributed by atoms with Crippen LogP contribution in [0, 0.1) is 6.07 Å². The van der Waals surface area contributed by atoms with Crippen LogP contribution in [0.1, 0.15) is 0 Å². The number of hydrogen-bond acceptors (Lipinski definition) is 3. The van der Waals surface area contributed by atoms with Crippen LogP contribution in [0.25, 0.3) is 11.3 Å². The summed E-state index contributed by atoms with van der Waals surface area (Å²) in [5, 5.41) is 0.0326. The summed E-state index contributed by atoms with van der Waals surface area (Å²) in [7, 11) is 1.47. The Labute approximate surface area is 172 Å². The minimum atomic E-state index is -2.72. The molecule has 1 radical (unpaired) electrons. The van der Waals surface area contributed by atoms with Crippen molar-refractivity contribution in [2.45, 2.75) is 13.0 Å². The van der Waals surface area contributed by atoms with Crippen molar-refractivity contribution in [1.82, 2.24) is 4.57 Å². The second-order valence-corrected chi connectivity index (χ2v) is 5.30. The molecule has 24 heavy (non-hydrogen) atoms. The monoisotopic (exact) mass is 451 g/mol. The third kappa shape index (κ3) is 5.23. The third-order valence-corrected chi connectivity index (χ3v) is 3.50. The fraction of sp³-hybridized carbons (Fsp3) is 0.267. The molecule has 1 heterocycles. The first-order chi connectivity index (χ1) is 10.9. The average molecular weight is 452 g/mol. The molecule has 0 aliphatic carbocycles. The molecule has 2 aromatic rings. The van der Waals surface area contributed by atoms with Crippen LogP contribution >= 0.6 is 23.2 Å². The van der Waals surface area contributed by atoms with E-state index in [1.54, 1.807) is 12.1 Å².